The van der Waals surface area contributed by atoms with Crippen molar-refractivity contribution in [1.29, 1.82) is 0 Å². The number of nitrogens with zero attached hydrogens (tertiary/aromatic N) is 2. The van der Waals surface area contributed by atoms with Gasteiger partial charge in [0.1, 0.15) is 0 Å². The number of aryl methyl sites for hydroxylation is 1. The van der Waals surface area contributed by atoms with Crippen LogP contribution < -0.4 is 10.6 Å². The largest absolute Gasteiger partial charge is 0.352 e. The standard InChI is InChI=1S/C24H26N4O2/c1-3-4-13-24(27-28-24)14-12-22(29)25-17-20-6-5-7-21(15-20)23(30)26-16-19-10-8-18(2)9-11-19/h1,5-11,15H,4,12-14,16-17H2,2H3,(H,25,29)(H,26,30). The summed E-state index contributed by atoms with van der Waals surface area (Å²) >= 11 is 0. The molecule has 0 fully saturated rings. The maximum absolute atomic E-state index is 12.4. The lowest BCUT2D eigenvalue weighted by molar-refractivity contribution is -0.121. The van der Waals surface area contributed by atoms with Crippen molar-refractivity contribution in [2.45, 2.75) is 51.4 Å². The van der Waals surface area contributed by atoms with Gasteiger partial charge < -0.3 is 10.6 Å². The molecule has 2 N–H and O–H groups in total. The van der Waals surface area contributed by atoms with Crippen LogP contribution in [-0.2, 0) is 17.9 Å². The SMILES string of the molecule is C#CCCC1(CCC(=O)NCc2cccc(C(=O)NCc3ccc(C)cc3)c2)N=N1. The highest BCUT2D eigenvalue weighted by molar-refractivity contribution is 5.94. The molecular formula is C24H26N4O2. The molecule has 0 atom stereocenters. The lowest BCUT2D eigenvalue weighted by Crippen LogP contribution is -2.25. The minimum Gasteiger partial charge on any atom is -0.352 e. The van der Waals surface area contributed by atoms with E-state index in [1.165, 1.54) is 5.56 Å². The molecule has 0 saturated heterocycles. The second kappa shape index (κ2) is 9.84. The molecule has 1 aliphatic heterocycles. The highest BCUT2D eigenvalue weighted by Gasteiger charge is 2.39. The molecule has 3 rings (SSSR count). The van der Waals surface area contributed by atoms with Crippen LogP contribution in [0.5, 0.6) is 0 Å². The van der Waals surface area contributed by atoms with Gasteiger partial charge in [-0.25, -0.2) is 0 Å². The van der Waals surface area contributed by atoms with Crippen LogP contribution in [0, 0.1) is 19.3 Å². The average Bonchev–Trinajstić information content (AvgIpc) is 3.54. The molecule has 2 aromatic carbocycles. The van der Waals surface area contributed by atoms with Crippen LogP contribution in [-0.4, -0.2) is 17.5 Å². The zero-order valence-corrected chi connectivity index (χ0v) is 17.1. The number of terminal acetylenes is 1. The molecule has 0 saturated carbocycles. The minimum absolute atomic E-state index is 0.0680. The van der Waals surface area contributed by atoms with Crippen LogP contribution in [0.25, 0.3) is 0 Å². The van der Waals surface area contributed by atoms with E-state index in [4.69, 9.17) is 6.42 Å². The predicted octanol–water partition coefficient (Wildman–Crippen LogP) is 3.90. The van der Waals surface area contributed by atoms with Crippen molar-refractivity contribution < 1.29 is 9.59 Å². The Hall–Kier alpha value is -3.46. The van der Waals surface area contributed by atoms with Crippen molar-refractivity contribution in [3.63, 3.8) is 0 Å². The third-order valence-electron chi connectivity index (χ3n) is 5.06. The van der Waals surface area contributed by atoms with E-state index in [-0.39, 0.29) is 11.8 Å². The van der Waals surface area contributed by atoms with Crippen LogP contribution in [0.4, 0.5) is 0 Å². The smallest absolute Gasteiger partial charge is 0.251 e. The molecule has 0 aromatic heterocycles. The fourth-order valence-corrected chi connectivity index (χ4v) is 3.08. The maximum atomic E-state index is 12.4. The maximum Gasteiger partial charge on any atom is 0.251 e. The van der Waals surface area contributed by atoms with Gasteiger partial charge in [-0.15, -0.1) is 12.3 Å². The van der Waals surface area contributed by atoms with E-state index in [0.717, 1.165) is 11.1 Å². The van der Waals surface area contributed by atoms with E-state index >= 15 is 0 Å². The molecule has 1 aliphatic rings. The first-order valence-electron chi connectivity index (χ1n) is 10.1. The number of amides is 2. The summed E-state index contributed by atoms with van der Waals surface area (Å²) < 4.78 is 0. The highest BCUT2D eigenvalue weighted by Crippen LogP contribution is 2.37. The number of nitrogens with one attached hydrogen (secondary N) is 2. The van der Waals surface area contributed by atoms with Gasteiger partial charge >= 0.3 is 0 Å². The molecule has 30 heavy (non-hydrogen) atoms. The Morgan fingerprint density at radius 3 is 2.43 bits per heavy atom. The quantitative estimate of drug-likeness (QED) is 0.591. The third kappa shape index (κ3) is 6.28. The van der Waals surface area contributed by atoms with Crippen molar-refractivity contribution in [2.75, 3.05) is 0 Å². The summed E-state index contributed by atoms with van der Waals surface area (Å²) in [5.74, 6) is 2.37. The lowest BCUT2D eigenvalue weighted by atomic mass is 10.0. The second-order valence-corrected chi connectivity index (χ2v) is 7.53. The molecule has 0 aliphatic carbocycles. The van der Waals surface area contributed by atoms with Gasteiger partial charge in [-0.2, -0.15) is 10.2 Å². The Labute approximate surface area is 177 Å². The first-order valence-corrected chi connectivity index (χ1v) is 10.1. The molecule has 2 aromatic rings. The van der Waals surface area contributed by atoms with Gasteiger partial charge in [0, 0.05) is 44.3 Å². The number of benzene rings is 2. The number of carbonyl (C=O) groups is 2. The molecule has 0 radical (unpaired) electrons. The van der Waals surface area contributed by atoms with E-state index in [1.54, 1.807) is 12.1 Å². The summed E-state index contributed by atoms with van der Waals surface area (Å²) in [7, 11) is 0. The summed E-state index contributed by atoms with van der Waals surface area (Å²) in [4.78, 5) is 24.6. The summed E-state index contributed by atoms with van der Waals surface area (Å²) in [5, 5.41) is 13.9. The van der Waals surface area contributed by atoms with E-state index in [9.17, 15) is 9.59 Å². The normalized spacial score (nSPS) is 13.3. The van der Waals surface area contributed by atoms with Gasteiger partial charge in [-0.1, -0.05) is 42.0 Å². The Morgan fingerprint density at radius 1 is 1.00 bits per heavy atom. The number of hydrogen-bond donors (Lipinski definition) is 2. The van der Waals surface area contributed by atoms with Gasteiger partial charge in [0.2, 0.25) is 5.91 Å². The third-order valence-corrected chi connectivity index (χ3v) is 5.06. The van der Waals surface area contributed by atoms with E-state index in [1.807, 2.05) is 43.3 Å². The second-order valence-electron chi connectivity index (χ2n) is 7.53. The van der Waals surface area contributed by atoms with Crippen LogP contribution in [0.1, 0.15) is 52.7 Å². The molecule has 0 unspecified atom stereocenters. The lowest BCUT2D eigenvalue weighted by Gasteiger charge is -2.10. The van der Waals surface area contributed by atoms with Gasteiger partial charge in [-0.05, 0) is 30.2 Å². The summed E-state index contributed by atoms with van der Waals surface area (Å²) in [6, 6.07) is 15.3. The first kappa shape index (κ1) is 21.3. The van der Waals surface area contributed by atoms with Crippen molar-refractivity contribution in [3.8, 4) is 12.3 Å². The van der Waals surface area contributed by atoms with Crippen molar-refractivity contribution in [3.05, 3.63) is 70.8 Å². The van der Waals surface area contributed by atoms with E-state index < -0.39 is 5.66 Å². The minimum atomic E-state index is -0.445. The Balaban J connectivity index is 1.44. The number of carbonyl (C=O) groups excluding carboxylic acids is 2. The Morgan fingerprint density at radius 2 is 1.73 bits per heavy atom. The van der Waals surface area contributed by atoms with Gasteiger partial charge in [0.25, 0.3) is 5.91 Å². The summed E-state index contributed by atoms with van der Waals surface area (Å²) in [6.45, 7) is 2.86. The highest BCUT2D eigenvalue weighted by atomic mass is 16.2. The zero-order chi connectivity index (χ0) is 21.4. The van der Waals surface area contributed by atoms with Gasteiger partial charge in [0.15, 0.2) is 5.66 Å². The van der Waals surface area contributed by atoms with Gasteiger partial charge in [-0.3, -0.25) is 9.59 Å². The Bertz CT molecular complexity index is 967. The van der Waals surface area contributed by atoms with Gasteiger partial charge in [0.05, 0.1) is 0 Å². The summed E-state index contributed by atoms with van der Waals surface area (Å²) in [6.07, 6.45) is 7.49. The molecule has 154 valence electrons. The molecule has 2 amide bonds. The fourth-order valence-electron chi connectivity index (χ4n) is 3.08. The number of rotatable bonds is 10. The van der Waals surface area contributed by atoms with E-state index in [2.05, 4.69) is 26.8 Å². The molecule has 6 heteroatoms. The van der Waals surface area contributed by atoms with Crippen LogP contribution >= 0.6 is 0 Å². The van der Waals surface area contributed by atoms with Crippen LogP contribution in [0.15, 0.2) is 58.8 Å². The van der Waals surface area contributed by atoms with Crippen molar-refractivity contribution in [2.24, 2.45) is 10.2 Å². The van der Waals surface area contributed by atoms with Crippen molar-refractivity contribution >= 4 is 11.8 Å². The predicted molar refractivity (Wildman–Crippen MR) is 116 cm³/mol. The molecule has 6 nitrogen and oxygen atoms in total. The first-order chi connectivity index (χ1) is 14.5. The van der Waals surface area contributed by atoms with Crippen LogP contribution in [0.2, 0.25) is 0 Å². The van der Waals surface area contributed by atoms with E-state index in [0.29, 0.717) is 44.3 Å². The van der Waals surface area contributed by atoms with Crippen molar-refractivity contribution in [1.82, 2.24) is 10.6 Å². The molecular weight excluding hydrogens is 376 g/mol. The monoisotopic (exact) mass is 402 g/mol. The Kier molecular flexibility index (Phi) is 6.97. The summed E-state index contributed by atoms with van der Waals surface area (Å²) in [5.41, 5.74) is 3.22. The average molecular weight is 402 g/mol. The zero-order valence-electron chi connectivity index (χ0n) is 17.1. The fraction of sp³-hybridized carbons (Fsp3) is 0.333. The number of hydrogen-bond acceptors (Lipinski definition) is 4. The molecule has 1 heterocycles. The molecule has 0 bridgehead atoms. The van der Waals surface area contributed by atoms with Crippen LogP contribution in [0.3, 0.4) is 0 Å². The topological polar surface area (TPSA) is 82.9 Å². The molecule has 0 spiro atoms.